The number of hydrogen-bond donors (Lipinski definition) is 1. The third kappa shape index (κ3) is 4.08. The summed E-state index contributed by atoms with van der Waals surface area (Å²) >= 11 is 1.98. The number of hydrogen-bond acceptors (Lipinski definition) is 3. The average molecular weight is 266 g/mol. The fourth-order valence-electron chi connectivity index (χ4n) is 2.61. The molecule has 0 aromatic carbocycles. The molecule has 3 heteroatoms. The van der Waals surface area contributed by atoms with E-state index in [1.54, 1.807) is 0 Å². The molecule has 0 radical (unpaired) electrons. The lowest BCUT2D eigenvalue weighted by Crippen LogP contribution is -2.43. The van der Waals surface area contributed by atoms with E-state index in [-0.39, 0.29) is 0 Å². The van der Waals surface area contributed by atoms with Crippen molar-refractivity contribution in [3.05, 3.63) is 21.9 Å². The van der Waals surface area contributed by atoms with E-state index in [1.165, 1.54) is 48.5 Å². The number of piperidine rings is 1. The van der Waals surface area contributed by atoms with E-state index >= 15 is 0 Å². The molecule has 1 N–H and O–H groups in total. The standard InChI is InChI=1S/C15H26N2S/c1-3-14-8-9-15(18-14)12-17(4-2)11-13-7-5-6-10-16-13/h8-9,13,16H,3-7,10-12H2,1-2H3. The summed E-state index contributed by atoms with van der Waals surface area (Å²) in [5.74, 6) is 0. The Bertz CT molecular complexity index is 342. The van der Waals surface area contributed by atoms with Gasteiger partial charge in [-0.25, -0.2) is 0 Å². The predicted molar refractivity (Wildman–Crippen MR) is 80.3 cm³/mol. The third-order valence-corrected chi connectivity index (χ3v) is 5.00. The molecular formula is C15H26N2S. The molecule has 1 aromatic heterocycles. The van der Waals surface area contributed by atoms with E-state index < -0.39 is 0 Å². The van der Waals surface area contributed by atoms with Gasteiger partial charge in [0.2, 0.25) is 0 Å². The van der Waals surface area contributed by atoms with Crippen LogP contribution < -0.4 is 5.32 Å². The Labute approximate surface area is 115 Å². The van der Waals surface area contributed by atoms with Crippen LogP contribution in [0, 0.1) is 0 Å². The van der Waals surface area contributed by atoms with Crippen molar-refractivity contribution < 1.29 is 0 Å². The van der Waals surface area contributed by atoms with Crippen LogP contribution in [0.2, 0.25) is 0 Å². The Morgan fingerprint density at radius 3 is 2.72 bits per heavy atom. The van der Waals surface area contributed by atoms with Gasteiger partial charge < -0.3 is 5.32 Å². The first kappa shape index (κ1) is 14.0. The lowest BCUT2D eigenvalue weighted by atomic mass is 10.0. The predicted octanol–water partition coefficient (Wildman–Crippen LogP) is 3.27. The van der Waals surface area contributed by atoms with Gasteiger partial charge >= 0.3 is 0 Å². The lowest BCUT2D eigenvalue weighted by Gasteiger charge is -2.29. The van der Waals surface area contributed by atoms with Crippen LogP contribution in [0.3, 0.4) is 0 Å². The molecule has 1 aliphatic heterocycles. The van der Waals surface area contributed by atoms with Crippen molar-refractivity contribution in [2.75, 3.05) is 19.6 Å². The highest BCUT2D eigenvalue weighted by atomic mass is 32.1. The largest absolute Gasteiger partial charge is 0.313 e. The molecule has 1 atom stereocenters. The maximum atomic E-state index is 3.65. The molecule has 1 aliphatic rings. The van der Waals surface area contributed by atoms with Crippen molar-refractivity contribution in [2.24, 2.45) is 0 Å². The summed E-state index contributed by atoms with van der Waals surface area (Å²) < 4.78 is 0. The van der Waals surface area contributed by atoms with Gasteiger partial charge in [-0.3, -0.25) is 4.90 Å². The van der Waals surface area contributed by atoms with E-state index in [1.807, 2.05) is 11.3 Å². The fourth-order valence-corrected chi connectivity index (χ4v) is 3.62. The van der Waals surface area contributed by atoms with Crippen LogP contribution in [0.4, 0.5) is 0 Å². The van der Waals surface area contributed by atoms with E-state index in [4.69, 9.17) is 0 Å². The molecule has 2 heterocycles. The van der Waals surface area contributed by atoms with E-state index in [0.29, 0.717) is 6.04 Å². The fraction of sp³-hybridized carbons (Fsp3) is 0.733. The maximum absolute atomic E-state index is 3.65. The molecule has 0 amide bonds. The minimum Gasteiger partial charge on any atom is -0.313 e. The van der Waals surface area contributed by atoms with Gasteiger partial charge in [-0.1, -0.05) is 20.3 Å². The number of nitrogens with one attached hydrogen (secondary N) is 1. The van der Waals surface area contributed by atoms with Crippen molar-refractivity contribution in [3.63, 3.8) is 0 Å². The van der Waals surface area contributed by atoms with Crippen molar-refractivity contribution in [1.29, 1.82) is 0 Å². The highest BCUT2D eigenvalue weighted by molar-refractivity contribution is 7.11. The molecule has 1 aromatic rings. The van der Waals surface area contributed by atoms with Crippen LogP contribution in [0.25, 0.3) is 0 Å². The van der Waals surface area contributed by atoms with Gasteiger partial charge in [0, 0.05) is 28.9 Å². The molecule has 0 bridgehead atoms. The normalized spacial score (nSPS) is 20.5. The molecule has 102 valence electrons. The zero-order chi connectivity index (χ0) is 12.8. The van der Waals surface area contributed by atoms with E-state index in [2.05, 4.69) is 36.2 Å². The first-order valence-electron chi connectivity index (χ1n) is 7.35. The van der Waals surface area contributed by atoms with Gasteiger partial charge in [0.15, 0.2) is 0 Å². The summed E-state index contributed by atoms with van der Waals surface area (Å²) in [5, 5.41) is 3.65. The van der Waals surface area contributed by atoms with Crippen molar-refractivity contribution in [2.45, 2.75) is 52.1 Å². The van der Waals surface area contributed by atoms with Gasteiger partial charge in [-0.2, -0.15) is 0 Å². The SMILES string of the molecule is CCc1ccc(CN(CC)CC2CCCCN2)s1. The molecule has 2 nitrogen and oxygen atoms in total. The molecule has 1 fully saturated rings. The van der Waals surface area contributed by atoms with Crippen LogP contribution in [0.5, 0.6) is 0 Å². The Hall–Kier alpha value is -0.380. The summed E-state index contributed by atoms with van der Waals surface area (Å²) in [7, 11) is 0. The van der Waals surface area contributed by atoms with Crippen molar-refractivity contribution in [1.82, 2.24) is 10.2 Å². The van der Waals surface area contributed by atoms with E-state index in [0.717, 1.165) is 13.1 Å². The van der Waals surface area contributed by atoms with Gasteiger partial charge in [-0.05, 0) is 44.5 Å². The van der Waals surface area contributed by atoms with Crippen LogP contribution >= 0.6 is 11.3 Å². The quantitative estimate of drug-likeness (QED) is 0.850. The smallest absolute Gasteiger partial charge is 0.0328 e. The molecule has 1 saturated heterocycles. The van der Waals surface area contributed by atoms with Gasteiger partial charge in [-0.15, -0.1) is 11.3 Å². The molecule has 0 saturated carbocycles. The molecule has 2 rings (SSSR count). The summed E-state index contributed by atoms with van der Waals surface area (Å²) in [4.78, 5) is 5.61. The topological polar surface area (TPSA) is 15.3 Å². The molecule has 0 spiro atoms. The highest BCUT2D eigenvalue weighted by Gasteiger charge is 2.16. The number of thiophene rings is 1. The second-order valence-corrected chi connectivity index (χ2v) is 6.45. The summed E-state index contributed by atoms with van der Waals surface area (Å²) in [6, 6.07) is 5.30. The van der Waals surface area contributed by atoms with Gasteiger partial charge in [0.1, 0.15) is 0 Å². The second-order valence-electron chi connectivity index (χ2n) is 5.20. The summed E-state index contributed by atoms with van der Waals surface area (Å²) in [6.07, 6.45) is 5.27. The lowest BCUT2D eigenvalue weighted by molar-refractivity contribution is 0.228. The number of aryl methyl sites for hydroxylation is 1. The maximum Gasteiger partial charge on any atom is 0.0328 e. The first-order valence-corrected chi connectivity index (χ1v) is 8.16. The van der Waals surface area contributed by atoms with Gasteiger partial charge in [0.05, 0.1) is 0 Å². The molecule has 18 heavy (non-hydrogen) atoms. The van der Waals surface area contributed by atoms with E-state index in [9.17, 15) is 0 Å². The highest BCUT2D eigenvalue weighted by Crippen LogP contribution is 2.19. The van der Waals surface area contributed by atoms with Crippen LogP contribution in [0.1, 0.15) is 42.9 Å². The molecular weight excluding hydrogens is 240 g/mol. The van der Waals surface area contributed by atoms with Crippen LogP contribution in [0.15, 0.2) is 12.1 Å². The minimum atomic E-state index is 0.712. The monoisotopic (exact) mass is 266 g/mol. The Balaban J connectivity index is 1.84. The second kappa shape index (κ2) is 7.27. The number of nitrogens with zero attached hydrogens (tertiary/aromatic N) is 1. The van der Waals surface area contributed by atoms with Crippen molar-refractivity contribution >= 4 is 11.3 Å². The number of rotatable bonds is 6. The molecule has 1 unspecified atom stereocenters. The summed E-state index contributed by atoms with van der Waals surface area (Å²) in [5.41, 5.74) is 0. The van der Waals surface area contributed by atoms with Gasteiger partial charge in [0.25, 0.3) is 0 Å². The van der Waals surface area contributed by atoms with Crippen LogP contribution in [-0.2, 0) is 13.0 Å². The summed E-state index contributed by atoms with van der Waals surface area (Å²) in [6.45, 7) is 9.20. The van der Waals surface area contributed by atoms with Crippen molar-refractivity contribution in [3.8, 4) is 0 Å². The Kier molecular flexibility index (Phi) is 5.67. The average Bonchev–Trinajstić information content (AvgIpc) is 2.87. The Morgan fingerprint density at radius 2 is 2.11 bits per heavy atom. The number of likely N-dealkylation sites (N-methyl/N-ethyl adjacent to an activating group) is 1. The minimum absolute atomic E-state index is 0.712. The Morgan fingerprint density at radius 1 is 1.28 bits per heavy atom. The first-order chi connectivity index (χ1) is 8.81. The van der Waals surface area contributed by atoms with Crippen LogP contribution in [-0.4, -0.2) is 30.6 Å². The zero-order valence-electron chi connectivity index (χ0n) is 11.7. The third-order valence-electron chi connectivity index (χ3n) is 3.78. The zero-order valence-corrected chi connectivity index (χ0v) is 12.6. The molecule has 0 aliphatic carbocycles.